The fourth-order valence-electron chi connectivity index (χ4n) is 2.85. The normalized spacial score (nSPS) is 11.0. The molecule has 0 atom stereocenters. The molecule has 12 heteroatoms. The van der Waals surface area contributed by atoms with Crippen molar-refractivity contribution in [3.63, 3.8) is 0 Å². The van der Waals surface area contributed by atoms with Gasteiger partial charge in [-0.15, -0.1) is 22.0 Å². The maximum atomic E-state index is 12.7. The smallest absolute Gasteiger partial charge is 0.344 e. The van der Waals surface area contributed by atoms with Gasteiger partial charge in [0.1, 0.15) is 16.4 Å². The fourth-order valence-corrected chi connectivity index (χ4v) is 4.13. The van der Waals surface area contributed by atoms with E-state index in [-0.39, 0.29) is 17.1 Å². The molecule has 0 aliphatic carbocycles. The highest BCUT2D eigenvalue weighted by Gasteiger charge is 2.25. The summed E-state index contributed by atoms with van der Waals surface area (Å²) in [5, 5.41) is 17.7. The number of benzene rings is 1. The number of nitrogens with zero attached hydrogens (tertiary/aromatic N) is 6. The Balaban J connectivity index is 1.58. The summed E-state index contributed by atoms with van der Waals surface area (Å²) in [4.78, 5) is 24.7. The minimum absolute atomic E-state index is 0.0294. The summed E-state index contributed by atoms with van der Waals surface area (Å²) >= 11 is 2.35. The molecular weight excluding hydrogens is 438 g/mol. The monoisotopic (exact) mass is 455 g/mol. The van der Waals surface area contributed by atoms with E-state index in [0.29, 0.717) is 15.8 Å². The average Bonchev–Trinajstić information content (AvgIpc) is 3.37. The Morgan fingerprint density at radius 2 is 1.87 bits per heavy atom. The van der Waals surface area contributed by atoms with Crippen LogP contribution in [0.3, 0.4) is 0 Å². The predicted molar refractivity (Wildman–Crippen MR) is 117 cm³/mol. The SMILES string of the molecule is COC(=O)c1c(SC)nn(C(=O)CSc2nnc3ccc(-c4ccccc4)nn23)c1N. The van der Waals surface area contributed by atoms with Gasteiger partial charge in [0, 0.05) is 5.56 Å². The van der Waals surface area contributed by atoms with Crippen LogP contribution in [0.2, 0.25) is 0 Å². The van der Waals surface area contributed by atoms with E-state index >= 15 is 0 Å². The Hall–Kier alpha value is -3.38. The summed E-state index contributed by atoms with van der Waals surface area (Å²) in [6, 6.07) is 13.4. The minimum Gasteiger partial charge on any atom is -0.465 e. The van der Waals surface area contributed by atoms with Crippen molar-refractivity contribution in [2.75, 3.05) is 24.9 Å². The van der Waals surface area contributed by atoms with Gasteiger partial charge in [0.25, 0.3) is 5.91 Å². The van der Waals surface area contributed by atoms with Crippen LogP contribution in [0.1, 0.15) is 15.2 Å². The lowest BCUT2D eigenvalue weighted by molar-refractivity contribution is 0.0598. The molecular formula is C19H17N7O3S2. The number of thioether (sulfide) groups is 2. The highest BCUT2D eigenvalue weighted by atomic mass is 32.2. The van der Waals surface area contributed by atoms with Crippen molar-refractivity contribution in [3.8, 4) is 11.3 Å². The quantitative estimate of drug-likeness (QED) is 0.342. The number of fused-ring (bicyclic) bond motifs is 1. The van der Waals surface area contributed by atoms with Gasteiger partial charge in [0.15, 0.2) is 5.65 Å². The lowest BCUT2D eigenvalue weighted by atomic mass is 10.1. The zero-order valence-corrected chi connectivity index (χ0v) is 18.2. The third kappa shape index (κ3) is 3.99. The second kappa shape index (κ2) is 8.78. The van der Waals surface area contributed by atoms with Gasteiger partial charge < -0.3 is 10.5 Å². The number of hydrogen-bond donors (Lipinski definition) is 1. The van der Waals surface area contributed by atoms with E-state index in [2.05, 4.69) is 20.4 Å². The molecule has 0 aliphatic rings. The summed E-state index contributed by atoms with van der Waals surface area (Å²) < 4.78 is 7.33. The van der Waals surface area contributed by atoms with Gasteiger partial charge in [-0.3, -0.25) is 4.79 Å². The lowest BCUT2D eigenvalue weighted by Crippen LogP contribution is -2.18. The third-order valence-corrected chi connectivity index (χ3v) is 5.91. The van der Waals surface area contributed by atoms with Gasteiger partial charge >= 0.3 is 5.97 Å². The van der Waals surface area contributed by atoms with E-state index in [9.17, 15) is 9.59 Å². The van der Waals surface area contributed by atoms with Crippen LogP contribution < -0.4 is 5.73 Å². The molecule has 4 rings (SSSR count). The maximum Gasteiger partial charge on any atom is 0.344 e. The molecule has 4 aromatic rings. The molecule has 158 valence electrons. The molecule has 0 saturated carbocycles. The van der Waals surface area contributed by atoms with E-state index in [1.165, 1.54) is 18.9 Å². The molecule has 0 saturated heterocycles. The molecule has 10 nitrogen and oxygen atoms in total. The fraction of sp³-hybridized carbons (Fsp3) is 0.158. The number of rotatable bonds is 6. The Labute approximate surface area is 185 Å². The number of nitrogen functional groups attached to an aromatic ring is 1. The summed E-state index contributed by atoms with van der Waals surface area (Å²) in [5.41, 5.74) is 8.34. The van der Waals surface area contributed by atoms with Gasteiger partial charge in [0.05, 0.1) is 18.6 Å². The number of anilines is 1. The van der Waals surface area contributed by atoms with Crippen molar-refractivity contribution in [1.29, 1.82) is 0 Å². The molecule has 2 N–H and O–H groups in total. The van der Waals surface area contributed by atoms with E-state index in [1.54, 1.807) is 10.8 Å². The highest BCUT2D eigenvalue weighted by Crippen LogP contribution is 2.26. The zero-order chi connectivity index (χ0) is 22.0. The van der Waals surface area contributed by atoms with Crippen LogP contribution >= 0.6 is 23.5 Å². The maximum absolute atomic E-state index is 12.7. The number of methoxy groups -OCH3 is 1. The Morgan fingerprint density at radius 1 is 1.10 bits per heavy atom. The highest BCUT2D eigenvalue weighted by molar-refractivity contribution is 7.99. The first-order valence-corrected chi connectivity index (χ1v) is 11.2. The van der Waals surface area contributed by atoms with Crippen molar-refractivity contribution in [1.82, 2.24) is 29.6 Å². The third-order valence-electron chi connectivity index (χ3n) is 4.34. The lowest BCUT2D eigenvalue weighted by Gasteiger charge is -2.04. The number of carbonyl (C=O) groups excluding carboxylic acids is 2. The van der Waals surface area contributed by atoms with Gasteiger partial charge in [-0.2, -0.15) is 19.4 Å². The molecule has 0 aliphatic heterocycles. The van der Waals surface area contributed by atoms with Crippen molar-refractivity contribution in [2.45, 2.75) is 10.2 Å². The summed E-state index contributed by atoms with van der Waals surface area (Å²) in [6.45, 7) is 0. The van der Waals surface area contributed by atoms with Crippen molar-refractivity contribution < 1.29 is 14.3 Å². The second-order valence-corrected chi connectivity index (χ2v) is 7.93. The van der Waals surface area contributed by atoms with Crippen molar-refractivity contribution in [2.24, 2.45) is 0 Å². The number of nitrogens with two attached hydrogens (primary N) is 1. The van der Waals surface area contributed by atoms with Gasteiger partial charge in [0.2, 0.25) is 5.16 Å². The van der Waals surface area contributed by atoms with Crippen molar-refractivity contribution >= 4 is 46.9 Å². The average molecular weight is 456 g/mol. The number of aromatic nitrogens is 6. The predicted octanol–water partition coefficient (Wildman–Crippen LogP) is 2.51. The molecule has 1 aromatic carbocycles. The largest absolute Gasteiger partial charge is 0.465 e. The molecule has 31 heavy (non-hydrogen) atoms. The standard InChI is InChI=1S/C19H17N7O3S2/c1-29-18(28)15-16(20)26(24-17(15)30-2)14(27)10-31-19-22-21-13-9-8-12(23-25(13)19)11-6-4-3-5-7-11/h3-9H,10,20H2,1-2H3. The molecule has 0 amide bonds. The van der Waals surface area contributed by atoms with Crippen LogP contribution in [-0.2, 0) is 4.74 Å². The minimum atomic E-state index is -0.644. The van der Waals surface area contributed by atoms with Crippen LogP contribution in [0.25, 0.3) is 16.9 Å². The Kier molecular flexibility index (Phi) is 5.91. The molecule has 0 unspecified atom stereocenters. The molecule has 3 heterocycles. The summed E-state index contributed by atoms with van der Waals surface area (Å²) in [6.07, 6.45) is 1.73. The van der Waals surface area contributed by atoms with Gasteiger partial charge in [-0.25, -0.2) is 4.79 Å². The second-order valence-electron chi connectivity index (χ2n) is 6.19. The van der Waals surface area contributed by atoms with Crippen molar-refractivity contribution in [3.05, 3.63) is 48.0 Å². The van der Waals surface area contributed by atoms with Crippen LogP contribution in [0.5, 0.6) is 0 Å². The molecule has 0 bridgehead atoms. The molecule has 0 radical (unpaired) electrons. The Bertz CT molecular complexity index is 1270. The first-order valence-electron chi connectivity index (χ1n) is 8.98. The topological polar surface area (TPSA) is 130 Å². The Morgan fingerprint density at radius 3 is 2.58 bits per heavy atom. The zero-order valence-electron chi connectivity index (χ0n) is 16.6. The van der Waals surface area contributed by atoms with E-state index < -0.39 is 11.9 Å². The number of hydrogen-bond acceptors (Lipinski definition) is 10. The van der Waals surface area contributed by atoms with Crippen LogP contribution in [0.15, 0.2) is 52.6 Å². The summed E-state index contributed by atoms with van der Waals surface area (Å²) in [7, 11) is 1.24. The number of ether oxygens (including phenoxy) is 1. The summed E-state index contributed by atoms with van der Waals surface area (Å²) in [5.74, 6) is -1.14. The van der Waals surface area contributed by atoms with E-state index in [0.717, 1.165) is 27.7 Å². The molecule has 0 fully saturated rings. The van der Waals surface area contributed by atoms with Crippen LogP contribution in [0, 0.1) is 0 Å². The molecule has 3 aromatic heterocycles. The van der Waals surface area contributed by atoms with Crippen LogP contribution in [0.4, 0.5) is 5.82 Å². The molecule has 0 spiro atoms. The number of carbonyl (C=O) groups is 2. The van der Waals surface area contributed by atoms with Crippen LogP contribution in [-0.4, -0.2) is 60.6 Å². The number of esters is 1. The first kappa shape index (κ1) is 20.9. The van der Waals surface area contributed by atoms with Gasteiger partial charge in [-0.1, -0.05) is 42.1 Å². The first-order chi connectivity index (χ1) is 15.0. The van der Waals surface area contributed by atoms with E-state index in [4.69, 9.17) is 10.5 Å². The van der Waals surface area contributed by atoms with E-state index in [1.807, 2.05) is 42.5 Å². The van der Waals surface area contributed by atoms with Gasteiger partial charge in [-0.05, 0) is 18.4 Å².